The van der Waals surface area contributed by atoms with E-state index >= 15 is 0 Å². The zero-order valence-corrected chi connectivity index (χ0v) is 15.8. The van der Waals surface area contributed by atoms with Crippen molar-refractivity contribution in [3.8, 4) is 22.5 Å². The lowest BCUT2D eigenvalue weighted by Gasteiger charge is -2.09. The number of nitrogens with one attached hydrogen (secondary N) is 1. The van der Waals surface area contributed by atoms with Crippen molar-refractivity contribution in [1.82, 2.24) is 19.9 Å². The summed E-state index contributed by atoms with van der Waals surface area (Å²) in [6.45, 7) is 6.18. The molecule has 0 spiro atoms. The van der Waals surface area contributed by atoms with Gasteiger partial charge in [0.1, 0.15) is 0 Å². The van der Waals surface area contributed by atoms with E-state index in [0.29, 0.717) is 0 Å². The number of fused-ring (bicyclic) bond motifs is 1. The van der Waals surface area contributed by atoms with E-state index in [4.69, 9.17) is 10.1 Å². The molecule has 0 fully saturated rings. The van der Waals surface area contributed by atoms with Crippen molar-refractivity contribution in [3.05, 3.63) is 78.0 Å². The summed E-state index contributed by atoms with van der Waals surface area (Å²) in [5, 5.41) is 8.17. The molecule has 0 atom stereocenters. The van der Waals surface area contributed by atoms with E-state index in [1.807, 2.05) is 16.6 Å². The molecule has 0 saturated carbocycles. The van der Waals surface area contributed by atoms with Crippen LogP contribution in [0.15, 0.2) is 66.9 Å². The molecule has 0 amide bonds. The maximum Gasteiger partial charge on any atom is 0.182 e. The molecular formula is C23H24N4. The number of hydrogen-bond donors (Lipinski definition) is 1. The van der Waals surface area contributed by atoms with Crippen molar-refractivity contribution in [2.24, 2.45) is 0 Å². The van der Waals surface area contributed by atoms with E-state index in [1.54, 1.807) is 0 Å². The lowest BCUT2D eigenvalue weighted by Crippen LogP contribution is -2.14. The van der Waals surface area contributed by atoms with E-state index in [-0.39, 0.29) is 0 Å². The predicted molar refractivity (Wildman–Crippen MR) is 111 cm³/mol. The number of pyridine rings is 1. The largest absolute Gasteiger partial charge is 0.313 e. The molecule has 0 radical (unpaired) electrons. The van der Waals surface area contributed by atoms with Crippen LogP contribution in [0.1, 0.15) is 24.5 Å². The Bertz CT molecular complexity index is 1050. The average Bonchev–Trinajstić information content (AvgIpc) is 3.12. The van der Waals surface area contributed by atoms with Crippen molar-refractivity contribution in [2.45, 2.75) is 26.8 Å². The van der Waals surface area contributed by atoms with Crippen LogP contribution in [-0.4, -0.2) is 21.1 Å². The molecular weight excluding hydrogens is 332 g/mol. The van der Waals surface area contributed by atoms with Gasteiger partial charge in [-0.2, -0.15) is 0 Å². The Hall–Kier alpha value is -2.98. The molecule has 4 nitrogen and oxygen atoms in total. The van der Waals surface area contributed by atoms with E-state index in [0.717, 1.165) is 36.5 Å². The smallest absolute Gasteiger partial charge is 0.182 e. The first-order valence-corrected chi connectivity index (χ1v) is 9.47. The highest BCUT2D eigenvalue weighted by atomic mass is 15.3. The van der Waals surface area contributed by atoms with Crippen molar-refractivity contribution in [2.75, 3.05) is 6.54 Å². The van der Waals surface area contributed by atoms with E-state index in [9.17, 15) is 0 Å². The zero-order chi connectivity index (χ0) is 18.6. The summed E-state index contributed by atoms with van der Waals surface area (Å²) in [4.78, 5) is 4.75. The normalized spacial score (nSPS) is 11.2. The molecule has 2 heterocycles. The zero-order valence-electron chi connectivity index (χ0n) is 15.8. The maximum absolute atomic E-state index is 4.75. The van der Waals surface area contributed by atoms with Crippen LogP contribution in [0, 0.1) is 6.92 Å². The number of hydrogen-bond acceptors (Lipinski definition) is 3. The van der Waals surface area contributed by atoms with Gasteiger partial charge in [-0.1, -0.05) is 61.5 Å². The van der Waals surface area contributed by atoms with Crippen LogP contribution in [0.2, 0.25) is 0 Å². The second-order valence-corrected chi connectivity index (χ2v) is 6.80. The monoisotopic (exact) mass is 356 g/mol. The summed E-state index contributed by atoms with van der Waals surface area (Å²) in [6, 6.07) is 20.9. The minimum absolute atomic E-state index is 0.768. The van der Waals surface area contributed by atoms with Crippen LogP contribution >= 0.6 is 0 Å². The van der Waals surface area contributed by atoms with Gasteiger partial charge >= 0.3 is 0 Å². The van der Waals surface area contributed by atoms with Crippen LogP contribution < -0.4 is 5.32 Å². The molecule has 4 aromatic rings. The number of nitrogens with zero attached hydrogens (tertiary/aromatic N) is 3. The molecule has 4 rings (SSSR count). The third-order valence-corrected chi connectivity index (χ3v) is 4.81. The Morgan fingerprint density at radius 2 is 1.74 bits per heavy atom. The van der Waals surface area contributed by atoms with Crippen molar-refractivity contribution < 1.29 is 0 Å². The molecule has 0 saturated heterocycles. The third-order valence-electron chi connectivity index (χ3n) is 4.81. The van der Waals surface area contributed by atoms with Gasteiger partial charge in [-0.05, 0) is 48.2 Å². The van der Waals surface area contributed by atoms with Gasteiger partial charge in [0.15, 0.2) is 11.5 Å². The minimum Gasteiger partial charge on any atom is -0.313 e. The molecule has 0 aliphatic heterocycles. The van der Waals surface area contributed by atoms with Gasteiger partial charge in [0.25, 0.3) is 0 Å². The lowest BCUT2D eigenvalue weighted by molar-refractivity contribution is 0.672. The molecule has 4 heteroatoms. The van der Waals surface area contributed by atoms with Gasteiger partial charge in [-0.15, -0.1) is 5.10 Å². The molecule has 1 N–H and O–H groups in total. The average molecular weight is 356 g/mol. The van der Waals surface area contributed by atoms with Gasteiger partial charge in [-0.3, -0.25) is 0 Å². The summed E-state index contributed by atoms with van der Waals surface area (Å²) >= 11 is 0. The fourth-order valence-corrected chi connectivity index (χ4v) is 3.36. The fourth-order valence-electron chi connectivity index (χ4n) is 3.36. The van der Waals surface area contributed by atoms with Crippen molar-refractivity contribution in [1.29, 1.82) is 0 Å². The van der Waals surface area contributed by atoms with Crippen molar-refractivity contribution in [3.63, 3.8) is 0 Å². The van der Waals surface area contributed by atoms with Crippen molar-refractivity contribution >= 4 is 5.65 Å². The Balaban J connectivity index is 1.70. The van der Waals surface area contributed by atoms with Gasteiger partial charge in [0.05, 0.1) is 0 Å². The van der Waals surface area contributed by atoms with E-state index in [2.05, 4.69) is 73.9 Å². The molecule has 0 aliphatic rings. The van der Waals surface area contributed by atoms with E-state index < -0.39 is 0 Å². The van der Waals surface area contributed by atoms with Crippen LogP contribution in [0.25, 0.3) is 28.2 Å². The highest BCUT2D eigenvalue weighted by molar-refractivity contribution is 5.76. The Labute approximate surface area is 159 Å². The SMILES string of the molecule is CCCNCc1ccc2nc(-c3cccc(-c4ccccc4)c3C)nn2c1. The molecule has 2 aromatic carbocycles. The number of rotatable bonds is 6. The quantitative estimate of drug-likeness (QED) is 0.501. The summed E-state index contributed by atoms with van der Waals surface area (Å²) < 4.78 is 1.88. The molecule has 27 heavy (non-hydrogen) atoms. The second-order valence-electron chi connectivity index (χ2n) is 6.80. The summed E-state index contributed by atoms with van der Waals surface area (Å²) in [5.41, 5.74) is 6.78. The van der Waals surface area contributed by atoms with Gasteiger partial charge in [0.2, 0.25) is 0 Å². The Kier molecular flexibility index (Phi) is 4.99. The number of benzene rings is 2. The topological polar surface area (TPSA) is 42.2 Å². The third kappa shape index (κ3) is 3.62. The van der Waals surface area contributed by atoms with Crippen LogP contribution in [0.3, 0.4) is 0 Å². The van der Waals surface area contributed by atoms with Crippen LogP contribution in [0.4, 0.5) is 0 Å². The first-order valence-electron chi connectivity index (χ1n) is 9.47. The summed E-state index contributed by atoms with van der Waals surface area (Å²) in [7, 11) is 0. The van der Waals surface area contributed by atoms with Crippen LogP contribution in [0.5, 0.6) is 0 Å². The standard InChI is InChI=1S/C23H24N4/c1-3-14-24-15-18-12-13-22-25-23(26-27(22)16-18)21-11-7-10-20(17(21)2)19-8-5-4-6-9-19/h4-13,16,24H,3,14-15H2,1-2H3. The molecule has 2 aromatic heterocycles. The second kappa shape index (κ2) is 7.72. The highest BCUT2D eigenvalue weighted by Gasteiger charge is 2.12. The Morgan fingerprint density at radius 3 is 2.56 bits per heavy atom. The number of aromatic nitrogens is 3. The first-order chi connectivity index (χ1) is 13.3. The highest BCUT2D eigenvalue weighted by Crippen LogP contribution is 2.30. The lowest BCUT2D eigenvalue weighted by atomic mass is 9.96. The minimum atomic E-state index is 0.768. The van der Waals surface area contributed by atoms with Gasteiger partial charge in [0, 0.05) is 18.3 Å². The molecule has 0 bridgehead atoms. The van der Waals surface area contributed by atoms with Crippen LogP contribution in [-0.2, 0) is 6.54 Å². The fraction of sp³-hybridized carbons (Fsp3) is 0.217. The molecule has 0 unspecified atom stereocenters. The molecule has 136 valence electrons. The van der Waals surface area contributed by atoms with Gasteiger partial charge in [-0.25, -0.2) is 9.50 Å². The van der Waals surface area contributed by atoms with Gasteiger partial charge < -0.3 is 5.32 Å². The maximum atomic E-state index is 4.75. The van der Waals surface area contributed by atoms with E-state index in [1.165, 1.54) is 22.3 Å². The first kappa shape index (κ1) is 17.4. The predicted octanol–water partition coefficient (Wildman–Crippen LogP) is 4.87. The Morgan fingerprint density at radius 1 is 0.926 bits per heavy atom. The summed E-state index contributed by atoms with van der Waals surface area (Å²) in [6.07, 6.45) is 3.19. The molecule has 0 aliphatic carbocycles. The summed E-state index contributed by atoms with van der Waals surface area (Å²) in [5.74, 6) is 0.768.